The quantitative estimate of drug-likeness (QED) is 0.0222. The fourth-order valence-electron chi connectivity index (χ4n) is 10.9. The smallest absolute Gasteiger partial charge is 0.462 e. The Morgan fingerprint density at radius 3 is 0.747 bits per heavy atom. The molecular formula is C72H140O17P2. The average molecular weight is 1340 g/mol. The Bertz CT molecular complexity index is 1780. The molecule has 3 N–H and O–H groups in total. The minimum Gasteiger partial charge on any atom is -0.462 e. The molecule has 91 heavy (non-hydrogen) atoms. The second-order valence-electron chi connectivity index (χ2n) is 27.4. The van der Waals surface area contributed by atoms with Crippen molar-refractivity contribution < 1.29 is 80.2 Å². The van der Waals surface area contributed by atoms with Gasteiger partial charge in [-0.25, -0.2) is 9.13 Å². The van der Waals surface area contributed by atoms with Crippen LogP contribution in [-0.4, -0.2) is 96.7 Å². The molecule has 0 saturated carbocycles. The third-order valence-corrected chi connectivity index (χ3v) is 18.5. The third-order valence-electron chi connectivity index (χ3n) is 16.6. The Balaban J connectivity index is 5.21. The van der Waals surface area contributed by atoms with Gasteiger partial charge in [0.2, 0.25) is 0 Å². The molecule has 2 unspecified atom stereocenters. The summed E-state index contributed by atoms with van der Waals surface area (Å²) < 4.78 is 68.3. The summed E-state index contributed by atoms with van der Waals surface area (Å²) in [6, 6.07) is 0. The predicted molar refractivity (Wildman–Crippen MR) is 368 cm³/mol. The van der Waals surface area contributed by atoms with Crippen molar-refractivity contribution in [2.45, 2.75) is 381 Å². The number of phosphoric acid groups is 2. The van der Waals surface area contributed by atoms with Crippen LogP contribution in [0, 0.1) is 17.8 Å². The van der Waals surface area contributed by atoms with E-state index in [1.165, 1.54) is 167 Å². The van der Waals surface area contributed by atoms with Crippen LogP contribution in [0.1, 0.15) is 363 Å². The Kier molecular flexibility index (Phi) is 61.5. The lowest BCUT2D eigenvalue weighted by molar-refractivity contribution is -0.161. The van der Waals surface area contributed by atoms with Gasteiger partial charge >= 0.3 is 39.5 Å². The predicted octanol–water partition coefficient (Wildman–Crippen LogP) is 20.6. The molecule has 0 aliphatic carbocycles. The van der Waals surface area contributed by atoms with E-state index in [1.54, 1.807) is 0 Å². The lowest BCUT2D eigenvalue weighted by Crippen LogP contribution is -2.30. The van der Waals surface area contributed by atoms with Gasteiger partial charge in [-0.3, -0.25) is 37.3 Å². The number of unbranched alkanes of at least 4 members (excludes halogenated alkanes) is 38. The number of aliphatic hydroxyl groups is 1. The van der Waals surface area contributed by atoms with E-state index in [-0.39, 0.29) is 25.7 Å². The molecule has 0 spiro atoms. The first-order chi connectivity index (χ1) is 43.7. The van der Waals surface area contributed by atoms with Crippen LogP contribution in [0.3, 0.4) is 0 Å². The van der Waals surface area contributed by atoms with E-state index in [9.17, 15) is 43.2 Å². The van der Waals surface area contributed by atoms with Gasteiger partial charge in [0.05, 0.1) is 26.4 Å². The zero-order valence-electron chi connectivity index (χ0n) is 59.3. The highest BCUT2D eigenvalue weighted by atomic mass is 31.2. The molecule has 0 bridgehead atoms. The minimum atomic E-state index is -4.95. The van der Waals surface area contributed by atoms with Gasteiger partial charge in [-0.2, -0.15) is 0 Å². The summed E-state index contributed by atoms with van der Waals surface area (Å²) in [6.07, 6.45) is 47.3. The Hall–Kier alpha value is -1.94. The molecule has 19 heteroatoms. The number of rotatable bonds is 70. The van der Waals surface area contributed by atoms with Crippen molar-refractivity contribution in [1.82, 2.24) is 0 Å². The van der Waals surface area contributed by atoms with Gasteiger partial charge < -0.3 is 33.8 Å². The Labute approximate surface area is 556 Å². The van der Waals surface area contributed by atoms with Crippen molar-refractivity contribution >= 4 is 39.5 Å². The van der Waals surface area contributed by atoms with Gasteiger partial charge in [0.1, 0.15) is 19.3 Å². The summed E-state index contributed by atoms with van der Waals surface area (Å²) >= 11 is 0. The molecule has 0 heterocycles. The summed E-state index contributed by atoms with van der Waals surface area (Å²) in [5, 5.41) is 10.6. The molecule has 0 saturated heterocycles. The van der Waals surface area contributed by atoms with E-state index in [2.05, 4.69) is 48.5 Å². The molecule has 0 fully saturated rings. The molecule has 0 aromatic heterocycles. The largest absolute Gasteiger partial charge is 0.472 e. The Morgan fingerprint density at radius 1 is 0.297 bits per heavy atom. The number of aliphatic hydroxyl groups excluding tert-OH is 1. The number of hydrogen-bond donors (Lipinski definition) is 3. The molecule has 0 aliphatic rings. The first-order valence-electron chi connectivity index (χ1n) is 37.3. The minimum absolute atomic E-state index is 0.104. The van der Waals surface area contributed by atoms with E-state index in [4.69, 9.17) is 37.0 Å². The van der Waals surface area contributed by atoms with Crippen molar-refractivity contribution in [3.63, 3.8) is 0 Å². The first-order valence-corrected chi connectivity index (χ1v) is 40.3. The SMILES string of the molecule is CCCCCCCCCCC(=O)OC[C@H](COP(=O)(O)OC[C@H](O)COP(=O)(O)OC[C@@H](COC(=O)CCCCCCCCCCCCCC(C)C)OC(=O)CCCCCCCCCCCCCCCCCC(C)C)OC(=O)CCCCCCCCCCC(C)C. The van der Waals surface area contributed by atoms with E-state index in [0.29, 0.717) is 25.7 Å². The van der Waals surface area contributed by atoms with E-state index >= 15 is 0 Å². The molecule has 5 atom stereocenters. The van der Waals surface area contributed by atoms with Crippen LogP contribution in [-0.2, 0) is 65.4 Å². The highest BCUT2D eigenvalue weighted by Gasteiger charge is 2.30. The topological polar surface area (TPSA) is 237 Å². The molecule has 540 valence electrons. The van der Waals surface area contributed by atoms with Gasteiger partial charge in [0, 0.05) is 25.7 Å². The van der Waals surface area contributed by atoms with Gasteiger partial charge in [-0.05, 0) is 43.4 Å². The van der Waals surface area contributed by atoms with Crippen LogP contribution in [0.15, 0.2) is 0 Å². The lowest BCUT2D eigenvalue weighted by atomic mass is 10.0. The summed E-state index contributed by atoms with van der Waals surface area (Å²) in [4.78, 5) is 72.5. The molecular weight excluding hydrogens is 1200 g/mol. The van der Waals surface area contributed by atoms with Gasteiger partial charge in [-0.1, -0.05) is 312 Å². The van der Waals surface area contributed by atoms with Gasteiger partial charge in [0.15, 0.2) is 12.2 Å². The number of carbonyl (C=O) groups excluding carboxylic acids is 4. The number of phosphoric ester groups is 2. The highest BCUT2D eigenvalue weighted by molar-refractivity contribution is 7.47. The standard InChI is InChI=1S/C72H140O17P2/c1-8-9-10-11-12-32-39-46-53-69(74)82-59-67(89-72(77)56-49-42-35-28-27-31-38-45-52-65(6)7)61-86-90(78,79)84-57-66(73)58-85-91(80,81)87-62-68(60-83-70(75)54-47-40-33-25-22-18-20-24-30-37-44-51-64(4)5)88-71(76)55-48-41-34-26-21-17-15-13-14-16-19-23-29-36-43-50-63(2)3/h63-68,73H,8-62H2,1-7H3,(H,78,79)(H,80,81)/t66-,67+,68+/m0/s1. The lowest BCUT2D eigenvalue weighted by Gasteiger charge is -2.21. The van der Waals surface area contributed by atoms with Crippen LogP contribution < -0.4 is 0 Å². The molecule has 0 radical (unpaired) electrons. The zero-order valence-corrected chi connectivity index (χ0v) is 61.1. The normalized spacial score (nSPS) is 14.2. The average Bonchev–Trinajstić information content (AvgIpc) is 3.50. The van der Waals surface area contributed by atoms with Crippen molar-refractivity contribution in [1.29, 1.82) is 0 Å². The van der Waals surface area contributed by atoms with Crippen molar-refractivity contribution in [2.75, 3.05) is 39.6 Å². The van der Waals surface area contributed by atoms with Crippen LogP contribution in [0.4, 0.5) is 0 Å². The fraction of sp³-hybridized carbons (Fsp3) is 0.944. The second kappa shape index (κ2) is 62.8. The summed E-state index contributed by atoms with van der Waals surface area (Å²) in [6.45, 7) is 11.8. The van der Waals surface area contributed by atoms with Crippen LogP contribution in [0.25, 0.3) is 0 Å². The summed E-state index contributed by atoms with van der Waals surface area (Å²) in [5.41, 5.74) is 0. The maximum atomic E-state index is 13.0. The number of esters is 4. The summed E-state index contributed by atoms with van der Waals surface area (Å²) in [7, 11) is -9.90. The number of carbonyl (C=O) groups is 4. The Morgan fingerprint density at radius 2 is 0.505 bits per heavy atom. The van der Waals surface area contributed by atoms with E-state index in [0.717, 1.165) is 114 Å². The van der Waals surface area contributed by atoms with Crippen LogP contribution in [0.5, 0.6) is 0 Å². The molecule has 0 aromatic rings. The van der Waals surface area contributed by atoms with Gasteiger partial charge in [0.25, 0.3) is 0 Å². The molecule has 0 aromatic carbocycles. The molecule has 0 aliphatic heterocycles. The zero-order chi connectivity index (χ0) is 67.3. The summed E-state index contributed by atoms with van der Waals surface area (Å²) in [5.74, 6) is 0.165. The molecule has 17 nitrogen and oxygen atoms in total. The number of ether oxygens (including phenoxy) is 4. The van der Waals surface area contributed by atoms with E-state index < -0.39 is 97.5 Å². The van der Waals surface area contributed by atoms with Crippen molar-refractivity contribution in [3.8, 4) is 0 Å². The first kappa shape index (κ1) is 89.1. The molecule has 0 amide bonds. The maximum Gasteiger partial charge on any atom is 0.472 e. The van der Waals surface area contributed by atoms with Crippen molar-refractivity contribution in [2.24, 2.45) is 17.8 Å². The fourth-order valence-corrected chi connectivity index (χ4v) is 12.5. The highest BCUT2D eigenvalue weighted by Crippen LogP contribution is 2.45. The van der Waals surface area contributed by atoms with Crippen LogP contribution in [0.2, 0.25) is 0 Å². The number of hydrogen-bond acceptors (Lipinski definition) is 15. The third kappa shape index (κ3) is 66.5. The van der Waals surface area contributed by atoms with E-state index in [1.807, 2.05) is 0 Å². The molecule has 0 rings (SSSR count). The monoisotopic (exact) mass is 1340 g/mol. The van der Waals surface area contributed by atoms with Crippen molar-refractivity contribution in [3.05, 3.63) is 0 Å². The van der Waals surface area contributed by atoms with Gasteiger partial charge in [-0.15, -0.1) is 0 Å². The maximum absolute atomic E-state index is 13.0. The second-order valence-corrected chi connectivity index (χ2v) is 30.3. The van der Waals surface area contributed by atoms with Crippen LogP contribution >= 0.6 is 15.6 Å².